The van der Waals surface area contributed by atoms with Gasteiger partial charge >= 0.3 is 0 Å². The minimum atomic E-state index is 0.0957. The fourth-order valence-electron chi connectivity index (χ4n) is 1.31. The van der Waals surface area contributed by atoms with Crippen LogP contribution in [0.1, 0.15) is 26.3 Å². The Morgan fingerprint density at radius 1 is 1.25 bits per heavy atom. The van der Waals surface area contributed by atoms with Crippen LogP contribution in [0.2, 0.25) is 0 Å². The van der Waals surface area contributed by atoms with Crippen LogP contribution in [0.25, 0.3) is 0 Å². The zero-order valence-corrected chi connectivity index (χ0v) is 10.9. The van der Waals surface area contributed by atoms with E-state index >= 15 is 0 Å². The SMILES string of the molecule is CC(C)(C)[C@@H](COCc1ccccc1)NCl. The number of benzene rings is 1. The molecule has 0 saturated carbocycles. The van der Waals surface area contributed by atoms with Gasteiger partial charge in [-0.1, -0.05) is 51.1 Å². The van der Waals surface area contributed by atoms with Gasteiger partial charge in [-0.05, 0) is 22.8 Å². The number of hydrogen-bond acceptors (Lipinski definition) is 2. The summed E-state index contributed by atoms with van der Waals surface area (Å²) in [6, 6.07) is 10.3. The second kappa shape index (κ2) is 6.24. The molecule has 0 heterocycles. The maximum atomic E-state index is 5.70. The van der Waals surface area contributed by atoms with Gasteiger partial charge < -0.3 is 4.74 Å². The molecule has 0 fully saturated rings. The van der Waals surface area contributed by atoms with Crippen molar-refractivity contribution in [3.63, 3.8) is 0 Å². The molecule has 0 aromatic heterocycles. The summed E-state index contributed by atoms with van der Waals surface area (Å²) in [5.41, 5.74) is 1.28. The Morgan fingerprint density at radius 3 is 2.38 bits per heavy atom. The lowest BCUT2D eigenvalue weighted by Gasteiger charge is -2.28. The van der Waals surface area contributed by atoms with E-state index in [0.29, 0.717) is 13.2 Å². The van der Waals surface area contributed by atoms with Crippen LogP contribution in [-0.2, 0) is 11.3 Å². The van der Waals surface area contributed by atoms with E-state index in [2.05, 4.69) is 37.7 Å². The largest absolute Gasteiger partial charge is 0.375 e. The molecule has 1 rings (SSSR count). The Morgan fingerprint density at radius 2 is 1.88 bits per heavy atom. The molecule has 0 radical (unpaired) electrons. The summed E-state index contributed by atoms with van der Waals surface area (Å²) in [6.45, 7) is 7.66. The van der Waals surface area contributed by atoms with E-state index in [1.165, 1.54) is 5.56 Å². The van der Waals surface area contributed by atoms with Gasteiger partial charge in [0.1, 0.15) is 0 Å². The Hall–Kier alpha value is -0.570. The van der Waals surface area contributed by atoms with Gasteiger partial charge in [-0.15, -0.1) is 0 Å². The molecule has 0 aliphatic heterocycles. The maximum absolute atomic E-state index is 5.70. The minimum Gasteiger partial charge on any atom is -0.375 e. The van der Waals surface area contributed by atoms with E-state index in [-0.39, 0.29) is 11.5 Å². The van der Waals surface area contributed by atoms with Crippen molar-refractivity contribution < 1.29 is 4.74 Å². The first-order valence-corrected chi connectivity index (χ1v) is 5.89. The third-order valence-electron chi connectivity index (χ3n) is 2.57. The van der Waals surface area contributed by atoms with E-state index < -0.39 is 0 Å². The maximum Gasteiger partial charge on any atom is 0.0717 e. The van der Waals surface area contributed by atoms with E-state index in [0.717, 1.165) is 0 Å². The Bertz CT molecular complexity index is 295. The van der Waals surface area contributed by atoms with Crippen molar-refractivity contribution in [3.05, 3.63) is 35.9 Å². The van der Waals surface area contributed by atoms with Crippen LogP contribution in [0.15, 0.2) is 30.3 Å². The number of nitrogens with one attached hydrogen (secondary N) is 1. The van der Waals surface area contributed by atoms with Crippen molar-refractivity contribution in [2.45, 2.75) is 33.4 Å². The predicted molar refractivity (Wildman–Crippen MR) is 68.3 cm³/mol. The van der Waals surface area contributed by atoms with Crippen LogP contribution in [0.5, 0.6) is 0 Å². The second-order valence-electron chi connectivity index (χ2n) is 5.03. The molecular weight excluding hydrogens is 222 g/mol. The highest BCUT2D eigenvalue weighted by Crippen LogP contribution is 2.20. The molecule has 0 unspecified atom stereocenters. The van der Waals surface area contributed by atoms with Gasteiger partial charge in [0.2, 0.25) is 0 Å². The molecule has 2 nitrogen and oxygen atoms in total. The van der Waals surface area contributed by atoms with Crippen LogP contribution in [0, 0.1) is 5.41 Å². The Labute approximate surface area is 103 Å². The molecule has 3 heteroatoms. The van der Waals surface area contributed by atoms with Gasteiger partial charge in [-0.25, -0.2) is 4.84 Å². The lowest BCUT2D eigenvalue weighted by Crippen LogP contribution is -2.39. The van der Waals surface area contributed by atoms with Crippen molar-refractivity contribution in [3.8, 4) is 0 Å². The molecule has 0 aliphatic carbocycles. The molecule has 0 spiro atoms. The van der Waals surface area contributed by atoms with Crippen molar-refractivity contribution in [2.24, 2.45) is 5.41 Å². The third-order valence-corrected chi connectivity index (χ3v) is 2.84. The third kappa shape index (κ3) is 4.52. The van der Waals surface area contributed by atoms with Crippen LogP contribution in [-0.4, -0.2) is 12.6 Å². The molecule has 1 aromatic carbocycles. The summed E-state index contributed by atoms with van der Waals surface area (Å²) in [5.74, 6) is 0. The molecule has 0 saturated heterocycles. The average Bonchev–Trinajstić information content (AvgIpc) is 2.24. The van der Waals surface area contributed by atoms with Gasteiger partial charge in [0.25, 0.3) is 0 Å². The number of hydrogen-bond donors (Lipinski definition) is 1. The van der Waals surface area contributed by atoms with Gasteiger partial charge in [0.15, 0.2) is 0 Å². The standard InChI is InChI=1S/C13H20ClNO/c1-13(2,3)12(15-14)10-16-9-11-7-5-4-6-8-11/h4-8,12,15H,9-10H2,1-3H3/t12-/m1/s1. The molecule has 0 amide bonds. The predicted octanol–water partition coefficient (Wildman–Crippen LogP) is 3.36. The van der Waals surface area contributed by atoms with Crippen molar-refractivity contribution in [1.82, 2.24) is 4.84 Å². The van der Waals surface area contributed by atoms with Gasteiger partial charge in [-0.2, -0.15) is 0 Å². The molecule has 0 aliphatic rings. The molecule has 0 bridgehead atoms. The normalized spacial score (nSPS) is 13.8. The molecule has 1 atom stereocenters. The Balaban J connectivity index is 2.35. The zero-order valence-electron chi connectivity index (χ0n) is 10.2. The van der Waals surface area contributed by atoms with E-state index in [1.807, 2.05) is 18.2 Å². The molecular formula is C13H20ClNO. The lowest BCUT2D eigenvalue weighted by molar-refractivity contribution is 0.0737. The zero-order chi connectivity index (χ0) is 12.0. The number of rotatable bonds is 5. The molecule has 90 valence electrons. The summed E-state index contributed by atoms with van der Waals surface area (Å²) in [4.78, 5) is 2.78. The van der Waals surface area contributed by atoms with Gasteiger partial charge in [0, 0.05) is 0 Å². The topological polar surface area (TPSA) is 21.3 Å². The monoisotopic (exact) mass is 241 g/mol. The quantitative estimate of drug-likeness (QED) is 0.799. The highest BCUT2D eigenvalue weighted by Gasteiger charge is 2.23. The fraction of sp³-hybridized carbons (Fsp3) is 0.538. The first kappa shape index (κ1) is 13.5. The van der Waals surface area contributed by atoms with E-state index in [9.17, 15) is 0 Å². The summed E-state index contributed by atoms with van der Waals surface area (Å²) in [7, 11) is 0. The van der Waals surface area contributed by atoms with Crippen LogP contribution < -0.4 is 4.84 Å². The first-order valence-electron chi connectivity index (χ1n) is 5.52. The second-order valence-corrected chi connectivity index (χ2v) is 5.25. The fourth-order valence-corrected chi connectivity index (χ4v) is 1.70. The van der Waals surface area contributed by atoms with Crippen molar-refractivity contribution in [1.29, 1.82) is 0 Å². The van der Waals surface area contributed by atoms with Crippen molar-refractivity contribution >= 4 is 11.8 Å². The average molecular weight is 242 g/mol. The van der Waals surface area contributed by atoms with Gasteiger partial charge in [-0.3, -0.25) is 0 Å². The minimum absolute atomic E-state index is 0.0957. The number of ether oxygens (including phenoxy) is 1. The van der Waals surface area contributed by atoms with E-state index in [4.69, 9.17) is 16.5 Å². The summed E-state index contributed by atoms with van der Waals surface area (Å²) >= 11 is 5.70. The van der Waals surface area contributed by atoms with Crippen molar-refractivity contribution in [2.75, 3.05) is 6.61 Å². The lowest BCUT2D eigenvalue weighted by atomic mass is 9.88. The summed E-state index contributed by atoms with van der Waals surface area (Å²) < 4.78 is 5.65. The van der Waals surface area contributed by atoms with Crippen LogP contribution in [0.4, 0.5) is 0 Å². The molecule has 1 aromatic rings. The van der Waals surface area contributed by atoms with E-state index in [1.54, 1.807) is 0 Å². The highest BCUT2D eigenvalue weighted by atomic mass is 35.5. The van der Waals surface area contributed by atoms with Gasteiger partial charge in [0.05, 0.1) is 19.3 Å². The van der Waals surface area contributed by atoms with Crippen LogP contribution >= 0.6 is 11.8 Å². The summed E-state index contributed by atoms with van der Waals surface area (Å²) in [5, 5.41) is 0. The first-order chi connectivity index (χ1) is 7.54. The Kier molecular flexibility index (Phi) is 5.26. The summed E-state index contributed by atoms with van der Waals surface area (Å²) in [6.07, 6.45) is 0. The highest BCUT2D eigenvalue weighted by molar-refractivity contribution is 6.13. The van der Waals surface area contributed by atoms with Crippen LogP contribution in [0.3, 0.4) is 0 Å². The molecule has 1 N–H and O–H groups in total. The number of halogens is 1. The molecule has 16 heavy (non-hydrogen) atoms. The smallest absolute Gasteiger partial charge is 0.0717 e.